The van der Waals surface area contributed by atoms with E-state index in [1.54, 1.807) is 6.92 Å². The minimum absolute atomic E-state index is 0.115. The van der Waals surface area contributed by atoms with E-state index in [9.17, 15) is 15.3 Å². The summed E-state index contributed by atoms with van der Waals surface area (Å²) in [5.41, 5.74) is -0.464. The lowest BCUT2D eigenvalue weighted by Crippen LogP contribution is -2.61. The van der Waals surface area contributed by atoms with Crippen LogP contribution in [-0.2, 0) is 0 Å². The van der Waals surface area contributed by atoms with Crippen molar-refractivity contribution in [3.63, 3.8) is 0 Å². The van der Waals surface area contributed by atoms with E-state index in [0.717, 1.165) is 38.5 Å². The summed E-state index contributed by atoms with van der Waals surface area (Å²) in [7, 11) is 0. The van der Waals surface area contributed by atoms with Gasteiger partial charge in [-0.05, 0) is 93.3 Å². The third-order valence-electron chi connectivity index (χ3n) is 10.3. The Morgan fingerprint density at radius 1 is 0.840 bits per heavy atom. The summed E-state index contributed by atoms with van der Waals surface area (Å²) in [6.07, 6.45) is 8.78. The lowest BCUT2D eigenvalue weighted by atomic mass is 9.40. The fourth-order valence-corrected chi connectivity index (χ4v) is 8.35. The smallest absolute Gasteiger partial charge is 0.0958 e. The van der Waals surface area contributed by atoms with Gasteiger partial charge in [-0.3, -0.25) is 0 Å². The molecule has 3 nitrogen and oxygen atoms in total. The summed E-state index contributed by atoms with van der Waals surface area (Å²) >= 11 is 0. The summed E-state index contributed by atoms with van der Waals surface area (Å²) in [5, 5.41) is 31.9. The van der Waals surface area contributed by atoms with Crippen molar-refractivity contribution in [2.24, 2.45) is 34.0 Å². The first-order chi connectivity index (χ1) is 11.6. The first-order valence-corrected chi connectivity index (χ1v) is 10.7. The van der Waals surface area contributed by atoms with Crippen molar-refractivity contribution in [1.82, 2.24) is 0 Å². The lowest BCUT2D eigenvalue weighted by Gasteiger charge is -2.65. The first-order valence-electron chi connectivity index (χ1n) is 10.7. The number of hydrogen-bond donors (Lipinski definition) is 3. The molecule has 0 heterocycles. The molecule has 0 amide bonds. The summed E-state index contributed by atoms with van der Waals surface area (Å²) in [6, 6.07) is 0. The zero-order chi connectivity index (χ0) is 18.3. The van der Waals surface area contributed by atoms with Gasteiger partial charge in [0, 0.05) is 5.41 Å². The van der Waals surface area contributed by atoms with Gasteiger partial charge in [-0.15, -0.1) is 0 Å². The van der Waals surface area contributed by atoms with Gasteiger partial charge in [0.1, 0.15) is 0 Å². The Morgan fingerprint density at radius 3 is 2.12 bits per heavy atom. The van der Waals surface area contributed by atoms with E-state index < -0.39 is 11.7 Å². The van der Waals surface area contributed by atoms with Crippen molar-refractivity contribution in [2.45, 2.75) is 103 Å². The van der Waals surface area contributed by atoms with E-state index in [2.05, 4.69) is 20.8 Å². The molecule has 9 atom stereocenters. The molecule has 0 spiro atoms. The van der Waals surface area contributed by atoms with Gasteiger partial charge in [0.05, 0.1) is 17.8 Å². The molecule has 3 N–H and O–H groups in total. The molecule has 25 heavy (non-hydrogen) atoms. The van der Waals surface area contributed by atoms with E-state index in [4.69, 9.17) is 0 Å². The molecule has 4 aliphatic rings. The van der Waals surface area contributed by atoms with Crippen molar-refractivity contribution in [3.8, 4) is 0 Å². The highest BCUT2D eigenvalue weighted by molar-refractivity contribution is 5.16. The average molecular weight is 351 g/mol. The van der Waals surface area contributed by atoms with Gasteiger partial charge in [0.2, 0.25) is 0 Å². The van der Waals surface area contributed by atoms with Crippen LogP contribution < -0.4 is 0 Å². The molecular weight excluding hydrogens is 312 g/mol. The molecule has 0 radical (unpaired) electrons. The van der Waals surface area contributed by atoms with E-state index in [1.165, 1.54) is 19.3 Å². The van der Waals surface area contributed by atoms with Crippen LogP contribution in [0.4, 0.5) is 0 Å². The third kappa shape index (κ3) is 2.15. The number of rotatable bonds is 1. The Morgan fingerprint density at radius 2 is 1.44 bits per heavy atom. The second-order valence-corrected chi connectivity index (χ2v) is 10.9. The molecule has 4 saturated carbocycles. The van der Waals surface area contributed by atoms with Crippen molar-refractivity contribution >= 4 is 0 Å². The molecule has 0 aromatic rings. The average Bonchev–Trinajstić information content (AvgIpc) is 2.82. The van der Waals surface area contributed by atoms with E-state index in [1.807, 2.05) is 0 Å². The Labute approximate surface area is 153 Å². The Kier molecular flexibility index (Phi) is 3.98. The van der Waals surface area contributed by atoms with Gasteiger partial charge in [-0.2, -0.15) is 0 Å². The number of aliphatic hydroxyl groups is 3. The van der Waals surface area contributed by atoms with Crippen LogP contribution in [0.3, 0.4) is 0 Å². The van der Waals surface area contributed by atoms with Crippen molar-refractivity contribution in [2.75, 3.05) is 0 Å². The molecule has 0 saturated heterocycles. The van der Waals surface area contributed by atoms with Crippen molar-refractivity contribution in [1.29, 1.82) is 0 Å². The first kappa shape index (κ1) is 18.3. The number of fused-ring (bicyclic) bond motifs is 5. The predicted molar refractivity (Wildman–Crippen MR) is 99.0 cm³/mol. The molecule has 0 aliphatic heterocycles. The topological polar surface area (TPSA) is 60.7 Å². The molecule has 0 aromatic heterocycles. The monoisotopic (exact) mass is 350 g/mol. The zero-order valence-corrected chi connectivity index (χ0v) is 16.6. The van der Waals surface area contributed by atoms with Crippen molar-refractivity contribution in [3.05, 3.63) is 0 Å². The fraction of sp³-hybridized carbons (Fsp3) is 1.00. The maximum absolute atomic E-state index is 11.3. The van der Waals surface area contributed by atoms with Gasteiger partial charge in [-0.1, -0.05) is 20.8 Å². The molecule has 4 aliphatic carbocycles. The Bertz CT molecular complexity index is 547. The summed E-state index contributed by atoms with van der Waals surface area (Å²) in [4.78, 5) is 0. The van der Waals surface area contributed by atoms with Gasteiger partial charge in [0.15, 0.2) is 0 Å². The van der Waals surface area contributed by atoms with Crippen LogP contribution >= 0.6 is 0 Å². The minimum Gasteiger partial charge on any atom is -0.393 e. The molecule has 0 unspecified atom stereocenters. The lowest BCUT2D eigenvalue weighted by molar-refractivity contribution is -0.203. The molecule has 144 valence electrons. The molecule has 4 fully saturated rings. The zero-order valence-electron chi connectivity index (χ0n) is 16.6. The largest absolute Gasteiger partial charge is 0.393 e. The normalized spacial score (nSPS) is 59.6. The highest BCUT2D eigenvalue weighted by Gasteiger charge is 2.67. The molecule has 0 aromatic carbocycles. The summed E-state index contributed by atoms with van der Waals surface area (Å²) < 4.78 is 0. The Balaban J connectivity index is 1.67. The molecule has 0 bridgehead atoms. The second-order valence-electron chi connectivity index (χ2n) is 10.9. The van der Waals surface area contributed by atoms with Crippen molar-refractivity contribution < 1.29 is 15.3 Å². The van der Waals surface area contributed by atoms with Gasteiger partial charge < -0.3 is 15.3 Å². The molecular formula is C22H38O3. The predicted octanol–water partition coefficient (Wildman–Crippen LogP) is 3.89. The summed E-state index contributed by atoms with van der Waals surface area (Å²) in [6.45, 7) is 8.98. The van der Waals surface area contributed by atoms with Crippen LogP contribution in [0.1, 0.15) is 85.5 Å². The van der Waals surface area contributed by atoms with Crippen LogP contribution in [0.25, 0.3) is 0 Å². The maximum Gasteiger partial charge on any atom is 0.0958 e. The summed E-state index contributed by atoms with van der Waals surface area (Å²) in [5.74, 6) is 1.94. The molecule has 4 rings (SSSR count). The minimum atomic E-state index is -0.910. The van der Waals surface area contributed by atoms with Crippen LogP contribution in [0, 0.1) is 34.0 Å². The van der Waals surface area contributed by atoms with Gasteiger partial charge in [0.25, 0.3) is 0 Å². The van der Waals surface area contributed by atoms with E-state index in [0.29, 0.717) is 23.2 Å². The van der Waals surface area contributed by atoms with Crippen LogP contribution in [0.15, 0.2) is 0 Å². The quantitative estimate of drug-likeness (QED) is 0.672. The second kappa shape index (κ2) is 5.45. The molecule has 3 heteroatoms. The van der Waals surface area contributed by atoms with Crippen LogP contribution in [-0.4, -0.2) is 33.1 Å². The highest BCUT2D eigenvalue weighted by Crippen LogP contribution is 2.71. The Hall–Kier alpha value is -0.120. The fourth-order valence-electron chi connectivity index (χ4n) is 8.35. The van der Waals surface area contributed by atoms with E-state index in [-0.39, 0.29) is 16.9 Å². The van der Waals surface area contributed by atoms with E-state index >= 15 is 0 Å². The standard InChI is InChI=1S/C22H38O3/c1-14(23)22(25)12-8-18-16-6-9-19(2)13-15(24)5-10-20(19,3)17(16)7-11-21(18,22)4/h14-18,23-25H,5-13H2,1-4H3/t14-,15-,16+,17-,18+,19+,20-,21+,22+/m1/s1. The van der Waals surface area contributed by atoms with Crippen LogP contribution in [0.5, 0.6) is 0 Å². The number of aliphatic hydroxyl groups excluding tert-OH is 2. The maximum atomic E-state index is 11.3. The third-order valence-corrected chi connectivity index (χ3v) is 10.3. The van der Waals surface area contributed by atoms with Crippen LogP contribution in [0.2, 0.25) is 0 Å². The highest BCUT2D eigenvalue weighted by atomic mass is 16.3. The van der Waals surface area contributed by atoms with Gasteiger partial charge >= 0.3 is 0 Å². The SMILES string of the molecule is C[C@@H](O)[C@@]1(O)CC[C@H]2[C@H]3CC[C@@]4(C)C[C@H](O)CC[C@]4(C)[C@@H]3CC[C@@]21C. The van der Waals surface area contributed by atoms with Gasteiger partial charge in [-0.25, -0.2) is 0 Å². The number of hydrogen-bond acceptors (Lipinski definition) is 3.